The predicted octanol–water partition coefficient (Wildman–Crippen LogP) is 1.48. The Bertz CT molecular complexity index is 567. The zero-order valence-corrected chi connectivity index (χ0v) is 12.7. The molecule has 5 nitrogen and oxygen atoms in total. The van der Waals surface area contributed by atoms with E-state index in [1.54, 1.807) is 0 Å². The predicted molar refractivity (Wildman–Crippen MR) is 76.1 cm³/mol. The van der Waals surface area contributed by atoms with Gasteiger partial charge in [-0.2, -0.15) is 0 Å². The van der Waals surface area contributed by atoms with Crippen LogP contribution < -0.4 is 10.5 Å². The quantitative estimate of drug-likeness (QED) is 0.718. The first-order chi connectivity index (χ1) is 9.08. The van der Waals surface area contributed by atoms with E-state index in [1.165, 1.54) is 6.07 Å². The maximum atomic E-state index is 13.2. The van der Waals surface area contributed by atoms with Crippen LogP contribution in [0, 0.1) is 11.2 Å². The van der Waals surface area contributed by atoms with Gasteiger partial charge in [0, 0.05) is 12.6 Å². The van der Waals surface area contributed by atoms with E-state index in [9.17, 15) is 12.8 Å². The third-order valence-corrected chi connectivity index (χ3v) is 4.55. The number of nitrogens with one attached hydrogen (secondary N) is 1. The number of aliphatic hydroxyl groups is 1. The Kier molecular flexibility index (Phi) is 5.12. The van der Waals surface area contributed by atoms with Gasteiger partial charge in [0.05, 0.1) is 5.69 Å². The molecule has 0 fully saturated rings. The number of hydrogen-bond donors (Lipinski definition) is 3. The van der Waals surface area contributed by atoms with Crippen molar-refractivity contribution in [1.29, 1.82) is 0 Å². The molecule has 0 spiro atoms. The summed E-state index contributed by atoms with van der Waals surface area (Å²) in [4.78, 5) is -0.287. The second-order valence-electron chi connectivity index (χ2n) is 5.73. The molecule has 0 aliphatic rings. The molecular weight excluding hydrogens is 283 g/mol. The Morgan fingerprint density at radius 1 is 1.40 bits per heavy atom. The smallest absolute Gasteiger partial charge is 0.242 e. The number of halogens is 1. The van der Waals surface area contributed by atoms with Crippen molar-refractivity contribution in [1.82, 2.24) is 4.72 Å². The van der Waals surface area contributed by atoms with Crippen molar-refractivity contribution in [3.05, 3.63) is 24.0 Å². The molecule has 0 radical (unpaired) electrons. The molecule has 0 saturated heterocycles. The highest BCUT2D eigenvalue weighted by atomic mass is 32.2. The molecular formula is C13H21FN2O3S. The maximum Gasteiger partial charge on any atom is 0.242 e. The third-order valence-electron chi connectivity index (χ3n) is 3.03. The van der Waals surface area contributed by atoms with Crippen molar-refractivity contribution in [2.24, 2.45) is 5.41 Å². The van der Waals surface area contributed by atoms with Gasteiger partial charge in [0.25, 0.3) is 0 Å². The lowest BCUT2D eigenvalue weighted by Gasteiger charge is -2.31. The highest BCUT2D eigenvalue weighted by Crippen LogP contribution is 2.25. The lowest BCUT2D eigenvalue weighted by Crippen LogP contribution is -2.44. The third kappa shape index (κ3) is 4.16. The van der Waals surface area contributed by atoms with Crippen LogP contribution in [0.1, 0.15) is 27.2 Å². The van der Waals surface area contributed by atoms with Crippen molar-refractivity contribution >= 4 is 15.7 Å². The molecule has 20 heavy (non-hydrogen) atoms. The van der Waals surface area contributed by atoms with Crippen molar-refractivity contribution in [2.45, 2.75) is 38.1 Å². The van der Waals surface area contributed by atoms with Crippen LogP contribution in [0.4, 0.5) is 10.1 Å². The topological polar surface area (TPSA) is 92.4 Å². The van der Waals surface area contributed by atoms with E-state index < -0.39 is 27.3 Å². The average Bonchev–Trinajstić information content (AvgIpc) is 2.30. The van der Waals surface area contributed by atoms with Crippen LogP contribution in [-0.4, -0.2) is 26.2 Å². The molecule has 1 atom stereocenters. The number of nitrogen functional groups attached to an aromatic ring is 1. The lowest BCUT2D eigenvalue weighted by molar-refractivity contribution is 0.214. The molecule has 1 aromatic rings. The number of hydrogen-bond acceptors (Lipinski definition) is 4. The molecule has 0 amide bonds. The van der Waals surface area contributed by atoms with Gasteiger partial charge >= 0.3 is 0 Å². The fraction of sp³-hybridized carbons (Fsp3) is 0.538. The Hall–Kier alpha value is -1.18. The minimum Gasteiger partial charge on any atom is -0.398 e. The van der Waals surface area contributed by atoms with Gasteiger partial charge < -0.3 is 10.8 Å². The molecule has 4 N–H and O–H groups in total. The van der Waals surface area contributed by atoms with Crippen LogP contribution in [0.15, 0.2) is 23.1 Å². The maximum absolute atomic E-state index is 13.2. The summed E-state index contributed by atoms with van der Waals surface area (Å²) in [6.45, 7) is 5.41. The van der Waals surface area contributed by atoms with Crippen molar-refractivity contribution < 1.29 is 17.9 Å². The minimum absolute atomic E-state index is 0.0180. The number of anilines is 1. The number of aliphatic hydroxyl groups excluding tert-OH is 1. The number of benzene rings is 1. The Balaban J connectivity index is 3.13. The van der Waals surface area contributed by atoms with E-state index in [0.29, 0.717) is 0 Å². The standard InChI is InChI=1S/C13H21FN2O3S/c1-13(2,3)12(6-7-17)16-20(18,19)11-8-9(14)4-5-10(11)15/h4-5,8,12,16-17H,6-7,15H2,1-3H3. The van der Waals surface area contributed by atoms with E-state index in [4.69, 9.17) is 10.8 Å². The number of sulfonamides is 1. The van der Waals surface area contributed by atoms with E-state index in [-0.39, 0.29) is 23.6 Å². The van der Waals surface area contributed by atoms with Gasteiger partial charge in [-0.1, -0.05) is 20.8 Å². The van der Waals surface area contributed by atoms with E-state index in [2.05, 4.69) is 4.72 Å². The molecule has 7 heteroatoms. The fourth-order valence-electron chi connectivity index (χ4n) is 1.79. The molecule has 0 heterocycles. The molecule has 1 aromatic carbocycles. The Morgan fingerprint density at radius 3 is 2.50 bits per heavy atom. The Labute approximate surface area is 119 Å². The molecule has 0 bridgehead atoms. The first kappa shape index (κ1) is 16.9. The Morgan fingerprint density at radius 2 is 2.00 bits per heavy atom. The van der Waals surface area contributed by atoms with E-state index in [1.807, 2.05) is 20.8 Å². The van der Waals surface area contributed by atoms with Crippen molar-refractivity contribution in [3.8, 4) is 0 Å². The van der Waals surface area contributed by atoms with Gasteiger partial charge in [0.1, 0.15) is 10.7 Å². The molecule has 1 rings (SSSR count). The van der Waals surface area contributed by atoms with E-state index >= 15 is 0 Å². The normalized spacial score (nSPS) is 14.2. The monoisotopic (exact) mass is 304 g/mol. The summed E-state index contributed by atoms with van der Waals surface area (Å²) in [5.41, 5.74) is 5.19. The van der Waals surface area contributed by atoms with E-state index in [0.717, 1.165) is 12.1 Å². The highest BCUT2D eigenvalue weighted by molar-refractivity contribution is 7.89. The summed E-state index contributed by atoms with van der Waals surface area (Å²) in [5, 5.41) is 9.05. The minimum atomic E-state index is -3.94. The summed E-state index contributed by atoms with van der Waals surface area (Å²) in [6, 6.07) is 2.71. The zero-order chi connectivity index (χ0) is 15.6. The SMILES string of the molecule is CC(C)(C)C(CCO)NS(=O)(=O)c1cc(F)ccc1N. The second-order valence-corrected chi connectivity index (χ2v) is 7.42. The van der Waals surface area contributed by atoms with Crippen LogP contribution in [-0.2, 0) is 10.0 Å². The van der Waals surface area contributed by atoms with Crippen molar-refractivity contribution in [2.75, 3.05) is 12.3 Å². The van der Waals surface area contributed by atoms with Gasteiger partial charge in [-0.3, -0.25) is 0 Å². The van der Waals surface area contributed by atoms with Crippen LogP contribution in [0.5, 0.6) is 0 Å². The molecule has 0 saturated carbocycles. The van der Waals surface area contributed by atoms with Gasteiger partial charge in [0.2, 0.25) is 10.0 Å². The van der Waals surface area contributed by atoms with Crippen LogP contribution in [0.25, 0.3) is 0 Å². The summed E-state index contributed by atoms with van der Waals surface area (Å²) in [5.74, 6) is -0.672. The largest absolute Gasteiger partial charge is 0.398 e. The average molecular weight is 304 g/mol. The zero-order valence-electron chi connectivity index (χ0n) is 11.9. The first-order valence-electron chi connectivity index (χ1n) is 6.26. The fourth-order valence-corrected chi connectivity index (χ4v) is 3.41. The summed E-state index contributed by atoms with van der Waals surface area (Å²) in [7, 11) is -3.94. The number of rotatable bonds is 5. The van der Waals surface area contributed by atoms with Crippen molar-refractivity contribution in [3.63, 3.8) is 0 Å². The van der Waals surface area contributed by atoms with Gasteiger partial charge in [0.15, 0.2) is 0 Å². The van der Waals surface area contributed by atoms with Crippen LogP contribution in [0.2, 0.25) is 0 Å². The summed E-state index contributed by atoms with van der Waals surface area (Å²) in [6.07, 6.45) is 0.262. The van der Waals surface area contributed by atoms with Gasteiger partial charge in [-0.25, -0.2) is 17.5 Å². The van der Waals surface area contributed by atoms with Gasteiger partial charge in [-0.15, -0.1) is 0 Å². The molecule has 0 aromatic heterocycles. The van der Waals surface area contributed by atoms with Gasteiger partial charge in [-0.05, 0) is 30.0 Å². The second kappa shape index (κ2) is 6.07. The molecule has 0 aliphatic carbocycles. The summed E-state index contributed by atoms with van der Waals surface area (Å²) >= 11 is 0. The highest BCUT2D eigenvalue weighted by Gasteiger charge is 2.30. The first-order valence-corrected chi connectivity index (χ1v) is 7.74. The molecule has 114 valence electrons. The molecule has 1 unspecified atom stereocenters. The van der Waals surface area contributed by atoms with Crippen LogP contribution >= 0.6 is 0 Å². The number of nitrogens with two attached hydrogens (primary N) is 1. The lowest BCUT2D eigenvalue weighted by atomic mass is 9.86. The molecule has 0 aliphatic heterocycles. The van der Waals surface area contributed by atoms with Crippen LogP contribution in [0.3, 0.4) is 0 Å². The summed E-state index contributed by atoms with van der Waals surface area (Å²) < 4.78 is 40.3.